The van der Waals surface area contributed by atoms with E-state index >= 15 is 0 Å². The third-order valence-electron chi connectivity index (χ3n) is 2.23. The van der Waals surface area contributed by atoms with E-state index in [-0.39, 0.29) is 5.56 Å². The summed E-state index contributed by atoms with van der Waals surface area (Å²) >= 11 is 0. The van der Waals surface area contributed by atoms with E-state index in [0.717, 1.165) is 5.39 Å². The molecule has 1 nitrogen and oxygen atoms in total. The quantitative estimate of drug-likeness (QED) is 0.692. The number of hydrogen-bond donors (Lipinski definition) is 1. The van der Waals surface area contributed by atoms with Crippen LogP contribution in [0.3, 0.4) is 0 Å². The summed E-state index contributed by atoms with van der Waals surface area (Å²) in [6.07, 6.45) is 0. The molecule has 0 atom stereocenters. The fourth-order valence-corrected chi connectivity index (χ4v) is 1.52. The number of benzene rings is 2. The van der Waals surface area contributed by atoms with E-state index in [0.29, 0.717) is 11.1 Å². The molecule has 0 saturated carbocycles. The molecule has 72 valence electrons. The first-order valence-electron chi connectivity index (χ1n) is 4.25. The van der Waals surface area contributed by atoms with Crippen molar-refractivity contribution in [3.05, 3.63) is 41.7 Å². The molecule has 0 spiro atoms. The second kappa shape index (κ2) is 3.25. The number of nitrogen functional groups attached to an aromatic ring is 1. The Balaban J connectivity index is 2.82. The summed E-state index contributed by atoms with van der Waals surface area (Å²) < 4.78 is 25.7. The van der Waals surface area contributed by atoms with Gasteiger partial charge in [0.25, 0.3) is 0 Å². The van der Waals surface area contributed by atoms with Gasteiger partial charge in [-0.1, -0.05) is 12.1 Å². The van der Waals surface area contributed by atoms with Gasteiger partial charge in [-0.25, -0.2) is 8.78 Å². The predicted octanol–water partition coefficient (Wildman–Crippen LogP) is 3.03. The number of halogens is 2. The molecule has 0 heterocycles. The zero-order valence-corrected chi connectivity index (χ0v) is 7.43. The highest BCUT2D eigenvalue weighted by molar-refractivity contribution is 5.88. The van der Waals surface area contributed by atoms with Gasteiger partial charge in [0.2, 0.25) is 0 Å². The van der Waals surface area contributed by atoms with Crippen molar-refractivity contribution in [3.63, 3.8) is 0 Å². The van der Waals surface area contributed by atoms with Crippen LogP contribution in [0.2, 0.25) is 0 Å². The first kappa shape index (κ1) is 8.94. The van der Waals surface area contributed by atoms with E-state index in [2.05, 4.69) is 0 Å². The van der Waals surface area contributed by atoms with Crippen molar-refractivity contribution in [2.45, 2.75) is 6.67 Å². The van der Waals surface area contributed by atoms with Crippen molar-refractivity contribution >= 4 is 16.5 Å². The minimum Gasteiger partial charge on any atom is -0.399 e. The summed E-state index contributed by atoms with van der Waals surface area (Å²) in [7, 11) is 0. The lowest BCUT2D eigenvalue weighted by molar-refractivity contribution is 0.467. The third kappa shape index (κ3) is 1.31. The van der Waals surface area contributed by atoms with Gasteiger partial charge in [-0.2, -0.15) is 0 Å². The van der Waals surface area contributed by atoms with E-state index < -0.39 is 12.5 Å². The average molecular weight is 193 g/mol. The molecule has 2 aromatic rings. The molecule has 0 aliphatic heterocycles. The van der Waals surface area contributed by atoms with Crippen LogP contribution in [0.4, 0.5) is 14.5 Å². The Morgan fingerprint density at radius 2 is 1.93 bits per heavy atom. The Hall–Kier alpha value is -1.64. The van der Waals surface area contributed by atoms with E-state index in [1.165, 1.54) is 6.07 Å². The summed E-state index contributed by atoms with van der Waals surface area (Å²) in [5, 5.41) is 1.35. The lowest BCUT2D eigenvalue weighted by Crippen LogP contribution is -1.90. The molecule has 14 heavy (non-hydrogen) atoms. The van der Waals surface area contributed by atoms with Gasteiger partial charge in [0.1, 0.15) is 12.5 Å². The summed E-state index contributed by atoms with van der Waals surface area (Å²) in [6, 6.07) is 7.84. The highest BCUT2D eigenvalue weighted by atomic mass is 19.1. The Labute approximate surface area is 80.1 Å². The smallest absolute Gasteiger partial charge is 0.129 e. The minimum atomic E-state index is -0.799. The molecule has 0 saturated heterocycles. The highest BCUT2D eigenvalue weighted by Gasteiger charge is 2.06. The van der Waals surface area contributed by atoms with E-state index in [1.54, 1.807) is 24.3 Å². The summed E-state index contributed by atoms with van der Waals surface area (Å²) in [5.74, 6) is -0.509. The topological polar surface area (TPSA) is 26.0 Å². The maximum atomic E-state index is 13.1. The fourth-order valence-electron chi connectivity index (χ4n) is 1.52. The van der Waals surface area contributed by atoms with Crippen LogP contribution in [0, 0.1) is 5.82 Å². The van der Waals surface area contributed by atoms with Crippen LogP contribution >= 0.6 is 0 Å². The van der Waals surface area contributed by atoms with Gasteiger partial charge < -0.3 is 5.73 Å². The van der Waals surface area contributed by atoms with Crippen molar-refractivity contribution in [1.82, 2.24) is 0 Å². The number of nitrogens with two attached hydrogens (primary N) is 1. The average Bonchev–Trinajstić information content (AvgIpc) is 2.18. The fraction of sp³-hybridized carbons (Fsp3) is 0.0909. The highest BCUT2D eigenvalue weighted by Crippen LogP contribution is 2.24. The van der Waals surface area contributed by atoms with Crippen molar-refractivity contribution in [2.75, 3.05) is 5.73 Å². The van der Waals surface area contributed by atoms with Gasteiger partial charge in [-0.05, 0) is 29.0 Å². The molecule has 0 aliphatic carbocycles. The third-order valence-corrected chi connectivity index (χ3v) is 2.23. The SMILES string of the molecule is Nc1ccc2c(CF)c(F)ccc2c1. The van der Waals surface area contributed by atoms with Gasteiger partial charge in [0, 0.05) is 11.3 Å². The van der Waals surface area contributed by atoms with Crippen molar-refractivity contribution in [2.24, 2.45) is 0 Å². The van der Waals surface area contributed by atoms with Crippen LogP contribution in [0.15, 0.2) is 30.3 Å². The van der Waals surface area contributed by atoms with Crippen LogP contribution in [0.25, 0.3) is 10.8 Å². The van der Waals surface area contributed by atoms with Crippen molar-refractivity contribution in [1.29, 1.82) is 0 Å². The molecule has 2 rings (SSSR count). The second-order valence-electron chi connectivity index (χ2n) is 3.14. The number of hydrogen-bond acceptors (Lipinski definition) is 1. The molecular formula is C11H9F2N. The lowest BCUT2D eigenvalue weighted by atomic mass is 10.0. The molecule has 2 aromatic carbocycles. The number of anilines is 1. The zero-order chi connectivity index (χ0) is 10.1. The zero-order valence-electron chi connectivity index (χ0n) is 7.43. The molecule has 0 aliphatic rings. The molecular weight excluding hydrogens is 184 g/mol. The van der Waals surface area contributed by atoms with Gasteiger partial charge in [-0.3, -0.25) is 0 Å². The van der Waals surface area contributed by atoms with Gasteiger partial charge in [0.05, 0.1) is 0 Å². The summed E-state index contributed by atoms with van der Waals surface area (Å²) in [6.45, 7) is -0.799. The molecule has 0 unspecified atom stereocenters. The predicted molar refractivity (Wildman–Crippen MR) is 53.1 cm³/mol. The molecule has 0 amide bonds. The van der Waals surface area contributed by atoms with Gasteiger partial charge in [-0.15, -0.1) is 0 Å². The molecule has 2 N–H and O–H groups in total. The largest absolute Gasteiger partial charge is 0.399 e. The van der Waals surface area contributed by atoms with Crippen molar-refractivity contribution in [3.8, 4) is 0 Å². The monoisotopic (exact) mass is 193 g/mol. The Morgan fingerprint density at radius 3 is 2.64 bits per heavy atom. The minimum absolute atomic E-state index is 0.0995. The lowest BCUT2D eigenvalue weighted by Gasteiger charge is -2.04. The van der Waals surface area contributed by atoms with Crippen molar-refractivity contribution < 1.29 is 8.78 Å². The number of fused-ring (bicyclic) bond motifs is 1. The Kier molecular flexibility index (Phi) is 2.08. The molecule has 0 radical (unpaired) electrons. The van der Waals surface area contributed by atoms with Crippen LogP contribution in [0.1, 0.15) is 5.56 Å². The molecule has 3 heteroatoms. The van der Waals surface area contributed by atoms with Gasteiger partial charge >= 0.3 is 0 Å². The standard InChI is InChI=1S/C11H9F2N/c12-6-10-9-3-2-8(14)5-7(9)1-4-11(10)13/h1-5H,6,14H2. The molecule has 0 bridgehead atoms. The first-order chi connectivity index (χ1) is 6.72. The van der Waals surface area contributed by atoms with Crippen LogP contribution < -0.4 is 5.73 Å². The number of rotatable bonds is 1. The van der Waals surface area contributed by atoms with Crippen LogP contribution in [-0.4, -0.2) is 0 Å². The summed E-state index contributed by atoms with van der Waals surface area (Å²) in [5.41, 5.74) is 6.26. The van der Waals surface area contributed by atoms with Crippen LogP contribution in [-0.2, 0) is 6.67 Å². The maximum absolute atomic E-state index is 13.1. The second-order valence-corrected chi connectivity index (χ2v) is 3.14. The van der Waals surface area contributed by atoms with E-state index in [1.807, 2.05) is 0 Å². The normalized spacial score (nSPS) is 10.7. The summed E-state index contributed by atoms with van der Waals surface area (Å²) in [4.78, 5) is 0. The maximum Gasteiger partial charge on any atom is 0.129 e. The van der Waals surface area contributed by atoms with E-state index in [4.69, 9.17) is 5.73 Å². The molecule has 0 fully saturated rings. The number of alkyl halides is 1. The Bertz CT molecular complexity index is 480. The first-order valence-corrected chi connectivity index (χ1v) is 4.25. The van der Waals surface area contributed by atoms with Gasteiger partial charge in [0.15, 0.2) is 0 Å². The Morgan fingerprint density at radius 1 is 1.14 bits per heavy atom. The van der Waals surface area contributed by atoms with E-state index in [9.17, 15) is 8.78 Å². The molecule has 0 aromatic heterocycles. The van der Waals surface area contributed by atoms with Crippen LogP contribution in [0.5, 0.6) is 0 Å².